The average molecular weight is 353 g/mol. The van der Waals surface area contributed by atoms with Crippen LogP contribution in [0.2, 0.25) is 0 Å². The summed E-state index contributed by atoms with van der Waals surface area (Å²) in [6.45, 7) is 4.55. The zero-order valence-corrected chi connectivity index (χ0v) is 14.6. The third kappa shape index (κ3) is 3.65. The second-order valence-corrected chi connectivity index (χ2v) is 10.5. The Morgan fingerprint density at radius 2 is 1.62 bits per heavy atom. The largest absolute Gasteiger partial charge is 0.252 e. The van der Waals surface area contributed by atoms with Gasteiger partial charge in [0.15, 0.2) is 0 Å². The van der Waals surface area contributed by atoms with Crippen molar-refractivity contribution in [2.75, 3.05) is 31.9 Å². The van der Waals surface area contributed by atoms with Gasteiger partial charge in [0.25, 0.3) is 10.0 Å². The molecular formula is C12H20N2O4S3. The molecule has 21 heavy (non-hydrogen) atoms. The molecule has 2 heterocycles. The first kappa shape index (κ1) is 16.9. The van der Waals surface area contributed by atoms with Crippen molar-refractivity contribution < 1.29 is 16.8 Å². The van der Waals surface area contributed by atoms with Gasteiger partial charge in [-0.05, 0) is 25.5 Å². The fourth-order valence-corrected chi connectivity index (χ4v) is 6.61. The summed E-state index contributed by atoms with van der Waals surface area (Å²) >= 11 is 1.24. The van der Waals surface area contributed by atoms with Crippen molar-refractivity contribution in [2.24, 2.45) is 0 Å². The van der Waals surface area contributed by atoms with E-state index in [-0.39, 0.29) is 31.9 Å². The fraction of sp³-hybridized carbons (Fsp3) is 0.667. The Hall–Kier alpha value is -0.480. The number of hydrogen-bond acceptors (Lipinski definition) is 5. The van der Waals surface area contributed by atoms with Crippen molar-refractivity contribution in [1.29, 1.82) is 0 Å². The number of aryl methyl sites for hydroxylation is 1. The summed E-state index contributed by atoms with van der Waals surface area (Å²) in [7, 11) is -6.74. The van der Waals surface area contributed by atoms with Crippen molar-refractivity contribution in [2.45, 2.75) is 24.5 Å². The highest BCUT2D eigenvalue weighted by molar-refractivity contribution is 7.91. The average Bonchev–Trinajstić information content (AvgIpc) is 2.86. The summed E-state index contributed by atoms with van der Waals surface area (Å²) in [5.74, 6) is 0.115. The minimum Gasteiger partial charge on any atom is -0.212 e. The van der Waals surface area contributed by atoms with Crippen LogP contribution in [-0.2, 0) is 20.0 Å². The first-order valence-corrected chi connectivity index (χ1v) is 10.7. The summed E-state index contributed by atoms with van der Waals surface area (Å²) in [4.78, 5) is 0.942. The van der Waals surface area contributed by atoms with Crippen molar-refractivity contribution in [3.63, 3.8) is 0 Å². The SMILES string of the molecule is CCCS(=O)(=O)N1CCN(S(=O)(=O)c2ccc(C)s2)CC1. The molecule has 6 nitrogen and oxygen atoms in total. The molecule has 0 aliphatic carbocycles. The first-order valence-electron chi connectivity index (χ1n) is 6.82. The zero-order chi connectivity index (χ0) is 15.7. The number of sulfonamides is 2. The number of piperazine rings is 1. The molecule has 120 valence electrons. The second-order valence-electron chi connectivity index (χ2n) is 4.98. The maximum absolute atomic E-state index is 12.5. The molecule has 1 saturated heterocycles. The van der Waals surface area contributed by atoms with Crippen LogP contribution in [0.15, 0.2) is 16.3 Å². The smallest absolute Gasteiger partial charge is 0.212 e. The van der Waals surface area contributed by atoms with Crippen LogP contribution in [0.5, 0.6) is 0 Å². The van der Waals surface area contributed by atoms with E-state index in [0.29, 0.717) is 10.6 Å². The molecule has 0 atom stereocenters. The molecular weight excluding hydrogens is 332 g/mol. The minimum absolute atomic E-state index is 0.115. The maximum Gasteiger partial charge on any atom is 0.252 e. The summed E-state index contributed by atoms with van der Waals surface area (Å²) in [6, 6.07) is 3.38. The Morgan fingerprint density at radius 3 is 2.10 bits per heavy atom. The van der Waals surface area contributed by atoms with E-state index in [1.807, 2.05) is 13.8 Å². The Kier molecular flexibility index (Phi) is 5.09. The standard InChI is InChI=1S/C12H20N2O4S3/c1-3-10-20(15,16)13-6-8-14(9-7-13)21(17,18)12-5-4-11(2)19-12/h4-5H,3,6-10H2,1-2H3. The van der Waals surface area contributed by atoms with Crippen molar-refractivity contribution >= 4 is 31.4 Å². The van der Waals surface area contributed by atoms with Crippen LogP contribution in [0.1, 0.15) is 18.2 Å². The number of nitrogens with zero attached hydrogens (tertiary/aromatic N) is 2. The topological polar surface area (TPSA) is 74.8 Å². The quantitative estimate of drug-likeness (QED) is 0.795. The molecule has 0 aromatic carbocycles. The molecule has 1 aromatic rings. The Bertz CT molecular complexity index is 686. The number of thiophene rings is 1. The third-order valence-electron chi connectivity index (χ3n) is 3.36. The molecule has 1 aromatic heterocycles. The molecule has 9 heteroatoms. The van der Waals surface area contributed by atoms with Crippen molar-refractivity contribution in [1.82, 2.24) is 8.61 Å². The highest BCUT2D eigenvalue weighted by Crippen LogP contribution is 2.25. The van der Waals surface area contributed by atoms with Gasteiger partial charge in [-0.2, -0.15) is 8.61 Å². The third-order valence-corrected chi connectivity index (χ3v) is 8.81. The van der Waals surface area contributed by atoms with Gasteiger partial charge in [0.2, 0.25) is 10.0 Å². The highest BCUT2D eigenvalue weighted by atomic mass is 32.2. The minimum atomic E-state index is -3.49. The normalized spacial score (nSPS) is 19.0. The van der Waals surface area contributed by atoms with E-state index in [4.69, 9.17) is 0 Å². The molecule has 0 saturated carbocycles. The molecule has 0 radical (unpaired) electrons. The molecule has 2 rings (SSSR count). The van der Waals surface area contributed by atoms with Crippen molar-refractivity contribution in [3.8, 4) is 0 Å². The Labute approximate surface area is 130 Å². The van der Waals surface area contributed by atoms with E-state index in [1.54, 1.807) is 12.1 Å². The lowest BCUT2D eigenvalue weighted by atomic mass is 10.4. The van der Waals surface area contributed by atoms with Crippen molar-refractivity contribution in [3.05, 3.63) is 17.0 Å². The van der Waals surface area contributed by atoms with Crippen LogP contribution in [0, 0.1) is 6.92 Å². The van der Waals surface area contributed by atoms with Gasteiger partial charge < -0.3 is 0 Å². The predicted molar refractivity (Wildman–Crippen MR) is 83.5 cm³/mol. The molecule has 1 aliphatic rings. The van der Waals surface area contributed by atoms with E-state index in [2.05, 4.69) is 0 Å². The van der Waals surface area contributed by atoms with E-state index < -0.39 is 20.0 Å². The highest BCUT2D eigenvalue weighted by Gasteiger charge is 2.33. The lowest BCUT2D eigenvalue weighted by Crippen LogP contribution is -2.50. The summed E-state index contributed by atoms with van der Waals surface area (Å²) in [5.41, 5.74) is 0. The fourth-order valence-electron chi connectivity index (χ4n) is 2.25. The van der Waals surface area contributed by atoms with E-state index in [0.717, 1.165) is 4.88 Å². The molecule has 0 bridgehead atoms. The summed E-state index contributed by atoms with van der Waals surface area (Å²) in [5, 5.41) is 0. The number of hydrogen-bond donors (Lipinski definition) is 0. The van der Waals surface area contributed by atoms with E-state index in [1.165, 1.54) is 19.9 Å². The second kappa shape index (κ2) is 6.33. The monoisotopic (exact) mass is 352 g/mol. The van der Waals surface area contributed by atoms with Gasteiger partial charge >= 0.3 is 0 Å². The first-order chi connectivity index (χ1) is 9.77. The van der Waals surface area contributed by atoms with Crippen LogP contribution in [0.25, 0.3) is 0 Å². The van der Waals surface area contributed by atoms with Crippen LogP contribution in [-0.4, -0.2) is 57.4 Å². The molecule has 0 N–H and O–H groups in total. The van der Waals surface area contributed by atoms with Crippen LogP contribution in [0.3, 0.4) is 0 Å². The zero-order valence-electron chi connectivity index (χ0n) is 12.1. The Morgan fingerprint density at radius 1 is 1.05 bits per heavy atom. The molecule has 0 spiro atoms. The molecule has 0 unspecified atom stereocenters. The van der Waals surface area contributed by atoms with Gasteiger partial charge in [-0.1, -0.05) is 6.92 Å². The van der Waals surface area contributed by atoms with Gasteiger partial charge in [0.1, 0.15) is 4.21 Å². The van der Waals surface area contributed by atoms with E-state index in [9.17, 15) is 16.8 Å². The van der Waals surface area contributed by atoms with Crippen LogP contribution < -0.4 is 0 Å². The lowest BCUT2D eigenvalue weighted by molar-refractivity contribution is 0.273. The molecule has 1 aliphatic heterocycles. The van der Waals surface area contributed by atoms with Crippen LogP contribution in [0.4, 0.5) is 0 Å². The van der Waals surface area contributed by atoms with Gasteiger partial charge in [-0.25, -0.2) is 16.8 Å². The molecule has 1 fully saturated rings. The lowest BCUT2D eigenvalue weighted by Gasteiger charge is -2.32. The predicted octanol–water partition coefficient (Wildman–Crippen LogP) is 1.10. The Balaban J connectivity index is 2.08. The summed E-state index contributed by atoms with van der Waals surface area (Å²) in [6.07, 6.45) is 0.565. The molecule has 0 amide bonds. The van der Waals surface area contributed by atoms with Gasteiger partial charge in [0.05, 0.1) is 5.75 Å². The van der Waals surface area contributed by atoms with Crippen LogP contribution >= 0.6 is 11.3 Å². The number of rotatable bonds is 5. The van der Waals surface area contributed by atoms with Gasteiger partial charge in [0, 0.05) is 31.1 Å². The van der Waals surface area contributed by atoms with E-state index >= 15 is 0 Å². The maximum atomic E-state index is 12.5. The van der Waals surface area contributed by atoms with Gasteiger partial charge in [-0.3, -0.25) is 0 Å². The van der Waals surface area contributed by atoms with Gasteiger partial charge in [-0.15, -0.1) is 11.3 Å². The summed E-state index contributed by atoms with van der Waals surface area (Å²) < 4.78 is 51.9.